The fraction of sp³-hybridized carbons (Fsp3) is 0.671. The van der Waals surface area contributed by atoms with Crippen LogP contribution < -0.4 is 5.32 Å². The van der Waals surface area contributed by atoms with Crippen molar-refractivity contribution in [3.63, 3.8) is 0 Å². The maximum Gasteiger partial charge on any atom is 0.472 e. The number of nitrogens with zero attached hydrogens (tertiary/aromatic N) is 1. The fourth-order valence-electron chi connectivity index (χ4n) is 8.95. The van der Waals surface area contributed by atoms with Crippen molar-refractivity contribution in [2.45, 2.75) is 277 Å². The van der Waals surface area contributed by atoms with E-state index in [0.29, 0.717) is 23.9 Å². The summed E-state index contributed by atoms with van der Waals surface area (Å²) in [5, 5.41) is 3.01. The van der Waals surface area contributed by atoms with E-state index in [4.69, 9.17) is 13.8 Å². The zero-order valence-corrected chi connectivity index (χ0v) is 55.0. The molecule has 83 heavy (non-hydrogen) atoms. The van der Waals surface area contributed by atoms with Gasteiger partial charge < -0.3 is 19.4 Å². The summed E-state index contributed by atoms with van der Waals surface area (Å²) < 4.78 is 30.7. The molecule has 9 nitrogen and oxygen atoms in total. The summed E-state index contributed by atoms with van der Waals surface area (Å²) in [6, 6.07) is -0.902. The number of unbranched alkanes of at least 4 members (excludes halogenated alkanes) is 23. The SMILES string of the molecule is CC/C=C\C/C=C\C/C=C\C/C=C\C/C=C\C/C=C\CCC(=O)NC(COP(=O)(O)OCC[N+](C)(C)C)C(/C=C\CCCCCCCCCCCCC)OC(=O)CCCCCCCCCCC/C=C\C/C=C\C/C=C\C/C=C\CCCCC. The lowest BCUT2D eigenvalue weighted by atomic mass is 10.0. The van der Waals surface area contributed by atoms with Crippen LogP contribution in [0.3, 0.4) is 0 Å². The molecule has 0 saturated heterocycles. The Bertz CT molecular complexity index is 1880. The molecule has 0 aliphatic carbocycles. The number of nitrogens with one attached hydrogen (secondary N) is 1. The Hall–Kier alpha value is -3.85. The van der Waals surface area contributed by atoms with E-state index >= 15 is 0 Å². The second-order valence-electron chi connectivity index (χ2n) is 23.3. The first-order chi connectivity index (χ1) is 40.4. The summed E-state index contributed by atoms with van der Waals surface area (Å²) in [6.45, 7) is 6.80. The highest BCUT2D eigenvalue weighted by molar-refractivity contribution is 7.47. The topological polar surface area (TPSA) is 111 Å². The molecule has 0 aromatic carbocycles. The minimum absolute atomic E-state index is 0.0187. The van der Waals surface area contributed by atoms with Crippen LogP contribution in [0, 0.1) is 0 Å². The predicted molar refractivity (Wildman–Crippen MR) is 359 cm³/mol. The van der Waals surface area contributed by atoms with E-state index in [1.807, 2.05) is 39.4 Å². The second kappa shape index (κ2) is 61.2. The van der Waals surface area contributed by atoms with Gasteiger partial charge >= 0.3 is 13.8 Å². The molecule has 0 spiro atoms. The molecular formula is C73H126N2O7P+. The van der Waals surface area contributed by atoms with Gasteiger partial charge in [-0.2, -0.15) is 0 Å². The Morgan fingerprint density at radius 1 is 0.434 bits per heavy atom. The minimum atomic E-state index is -4.48. The van der Waals surface area contributed by atoms with Crippen LogP contribution in [-0.2, 0) is 27.9 Å². The Morgan fingerprint density at radius 3 is 1.20 bits per heavy atom. The van der Waals surface area contributed by atoms with E-state index in [9.17, 15) is 19.0 Å². The van der Waals surface area contributed by atoms with Crippen molar-refractivity contribution in [3.05, 3.63) is 134 Å². The van der Waals surface area contributed by atoms with Crippen LogP contribution in [0.15, 0.2) is 134 Å². The van der Waals surface area contributed by atoms with Gasteiger partial charge in [-0.3, -0.25) is 18.6 Å². The van der Waals surface area contributed by atoms with E-state index < -0.39 is 20.0 Å². The molecular weight excluding hydrogens is 1050 g/mol. The van der Waals surface area contributed by atoms with Crippen molar-refractivity contribution in [1.82, 2.24) is 5.32 Å². The highest BCUT2D eigenvalue weighted by Crippen LogP contribution is 2.43. The zero-order chi connectivity index (χ0) is 60.7. The first-order valence-corrected chi connectivity index (χ1v) is 35.0. The monoisotopic (exact) mass is 1170 g/mol. The largest absolute Gasteiger partial charge is 0.472 e. The molecule has 0 aromatic heterocycles. The first-order valence-electron chi connectivity index (χ1n) is 33.5. The number of carbonyl (C=O) groups is 2. The number of amides is 1. The predicted octanol–water partition coefficient (Wildman–Crippen LogP) is 21.2. The van der Waals surface area contributed by atoms with Gasteiger partial charge in [0.2, 0.25) is 5.91 Å². The lowest BCUT2D eigenvalue weighted by Gasteiger charge is -2.27. The maximum atomic E-state index is 13.5. The molecule has 0 aliphatic heterocycles. The van der Waals surface area contributed by atoms with Crippen molar-refractivity contribution < 1.29 is 37.3 Å². The van der Waals surface area contributed by atoms with Gasteiger partial charge in [0.15, 0.2) is 0 Å². The number of esters is 1. The van der Waals surface area contributed by atoms with Crippen LogP contribution in [0.4, 0.5) is 0 Å². The van der Waals surface area contributed by atoms with Gasteiger partial charge in [-0.1, -0.05) is 270 Å². The Kier molecular flexibility index (Phi) is 58.4. The van der Waals surface area contributed by atoms with Crippen LogP contribution in [-0.4, -0.2) is 74.3 Å². The average molecular weight is 1170 g/mol. The highest BCUT2D eigenvalue weighted by atomic mass is 31.2. The number of rotatable bonds is 59. The lowest BCUT2D eigenvalue weighted by molar-refractivity contribution is -0.870. The summed E-state index contributed by atoms with van der Waals surface area (Å²) in [5.41, 5.74) is 0. The van der Waals surface area contributed by atoms with Crippen molar-refractivity contribution in [1.29, 1.82) is 0 Å². The Morgan fingerprint density at radius 2 is 0.783 bits per heavy atom. The average Bonchev–Trinajstić information content (AvgIpc) is 3.47. The molecule has 0 bridgehead atoms. The van der Waals surface area contributed by atoms with E-state index in [1.165, 1.54) is 116 Å². The van der Waals surface area contributed by atoms with Crippen molar-refractivity contribution in [2.75, 3.05) is 40.9 Å². The summed E-state index contributed by atoms with van der Waals surface area (Å²) in [5.74, 6) is -0.615. The van der Waals surface area contributed by atoms with Gasteiger partial charge in [-0.05, 0) is 115 Å². The number of carbonyl (C=O) groups excluding carboxylic acids is 2. The van der Waals surface area contributed by atoms with Gasteiger partial charge in [0, 0.05) is 12.8 Å². The normalized spacial score (nSPS) is 14.4. The van der Waals surface area contributed by atoms with Crippen molar-refractivity contribution >= 4 is 19.7 Å². The Balaban J connectivity index is 5.30. The van der Waals surface area contributed by atoms with Crippen LogP contribution in [0.2, 0.25) is 0 Å². The zero-order valence-electron chi connectivity index (χ0n) is 54.1. The van der Waals surface area contributed by atoms with Gasteiger partial charge in [0.25, 0.3) is 0 Å². The molecule has 0 heterocycles. The van der Waals surface area contributed by atoms with Gasteiger partial charge in [0.05, 0.1) is 33.8 Å². The molecule has 0 saturated carbocycles. The van der Waals surface area contributed by atoms with Gasteiger partial charge in [-0.15, -0.1) is 0 Å². The van der Waals surface area contributed by atoms with Crippen LogP contribution in [0.25, 0.3) is 0 Å². The highest BCUT2D eigenvalue weighted by Gasteiger charge is 2.30. The van der Waals surface area contributed by atoms with Gasteiger partial charge in [0.1, 0.15) is 19.3 Å². The minimum Gasteiger partial charge on any atom is -0.456 e. The first kappa shape index (κ1) is 79.2. The summed E-state index contributed by atoms with van der Waals surface area (Å²) in [7, 11) is 1.43. The van der Waals surface area contributed by atoms with Crippen LogP contribution >= 0.6 is 7.82 Å². The Labute approximate surface area is 511 Å². The molecule has 3 atom stereocenters. The summed E-state index contributed by atoms with van der Waals surface area (Å²) in [6.07, 6.45) is 87.6. The lowest BCUT2D eigenvalue weighted by Crippen LogP contribution is -2.47. The van der Waals surface area contributed by atoms with E-state index in [0.717, 1.165) is 103 Å². The summed E-state index contributed by atoms with van der Waals surface area (Å²) in [4.78, 5) is 37.8. The molecule has 0 fully saturated rings. The third-order valence-corrected chi connectivity index (χ3v) is 15.1. The van der Waals surface area contributed by atoms with Gasteiger partial charge in [-0.25, -0.2) is 4.57 Å². The quantitative estimate of drug-likeness (QED) is 0.0205. The molecule has 474 valence electrons. The van der Waals surface area contributed by atoms with Crippen LogP contribution in [0.1, 0.15) is 265 Å². The van der Waals surface area contributed by atoms with E-state index in [1.54, 1.807) is 0 Å². The van der Waals surface area contributed by atoms with Crippen LogP contribution in [0.5, 0.6) is 0 Å². The molecule has 2 N–H and O–H groups in total. The molecule has 0 aliphatic rings. The molecule has 0 aromatic rings. The third kappa shape index (κ3) is 62.5. The number of hydrogen-bond acceptors (Lipinski definition) is 6. The molecule has 3 unspecified atom stereocenters. The number of allylic oxidation sites excluding steroid dienone is 21. The maximum absolute atomic E-state index is 13.5. The number of phosphoric ester groups is 1. The second-order valence-corrected chi connectivity index (χ2v) is 24.7. The third-order valence-electron chi connectivity index (χ3n) is 14.1. The number of phosphoric acid groups is 1. The number of hydrogen-bond donors (Lipinski definition) is 2. The molecule has 10 heteroatoms. The number of quaternary nitrogens is 1. The standard InChI is InChI=1S/C73H125N2O7P/c1-7-10-13-16-19-22-25-28-30-32-34-35-36-37-38-39-41-43-45-48-51-54-57-60-63-66-73(77)82-71(64-61-58-55-52-49-46-27-24-21-18-15-12-9-3)70(69-81-83(78,79)80-68-67-75(4,5)6)74-72(76)65-62-59-56-53-50-47-44-42-40-33-31-29-26-23-20-17-14-11-8-2/h11,14,19-20,22-23,28-31,34-35,37-38,40,42,47,50,56,59,61,64,70-71H,7-10,12-13,15-18,21,24-27,32-33,36,39,41,43-46,48-49,51-55,57-58,60,62-63,65-69H2,1-6H3,(H-,74,76,78,79)/p+1/b14-11-,22-19-,23-20-,30-28-,31-29-,35-34-,38-37-,42-40-,50-47-,59-56-,64-61-. The van der Waals surface area contributed by atoms with E-state index in [-0.39, 0.29) is 37.9 Å². The summed E-state index contributed by atoms with van der Waals surface area (Å²) >= 11 is 0. The number of likely N-dealkylation sites (N-methyl/N-ethyl adjacent to an activating group) is 1. The number of ether oxygens (including phenoxy) is 1. The smallest absolute Gasteiger partial charge is 0.456 e. The van der Waals surface area contributed by atoms with Crippen molar-refractivity contribution in [2.24, 2.45) is 0 Å². The molecule has 0 radical (unpaired) electrons. The molecule has 1 amide bonds. The molecule has 0 rings (SSSR count). The van der Waals surface area contributed by atoms with Crippen molar-refractivity contribution in [3.8, 4) is 0 Å². The van der Waals surface area contributed by atoms with E-state index in [2.05, 4.69) is 142 Å². The fourth-order valence-corrected chi connectivity index (χ4v) is 9.68.